The number of para-hydroxylation sites is 1. The fraction of sp³-hybridized carbons (Fsp3) is 0. The average Bonchev–Trinajstić information content (AvgIpc) is 3.37. The molecule has 0 atom stereocenters. The highest BCUT2D eigenvalue weighted by molar-refractivity contribution is 9.10. The first-order chi connectivity index (χ1) is 13.1. The number of fused-ring (bicyclic) bond motifs is 1. The Morgan fingerprint density at radius 1 is 1.04 bits per heavy atom. The highest BCUT2D eigenvalue weighted by atomic mass is 79.9. The van der Waals surface area contributed by atoms with Crippen molar-refractivity contribution in [3.8, 4) is 11.5 Å². The summed E-state index contributed by atoms with van der Waals surface area (Å²) in [5.74, 6) is -0.367. The van der Waals surface area contributed by atoms with E-state index in [0.29, 0.717) is 33.6 Å². The molecule has 7 nitrogen and oxygen atoms in total. The molecule has 0 fully saturated rings. The Morgan fingerprint density at radius 3 is 2.59 bits per heavy atom. The lowest BCUT2D eigenvalue weighted by Crippen LogP contribution is -2.41. The van der Waals surface area contributed by atoms with Crippen LogP contribution < -0.4 is 10.9 Å². The summed E-state index contributed by atoms with van der Waals surface area (Å²) >= 11 is 3.26. The molecular formula is C19H13BrN4O3. The number of amides is 2. The normalized spacial score (nSPS) is 10.7. The van der Waals surface area contributed by atoms with E-state index in [1.54, 1.807) is 42.8 Å². The maximum Gasteiger partial charge on any atom is 0.286 e. The zero-order chi connectivity index (χ0) is 18.8. The maximum absolute atomic E-state index is 12.7. The Kier molecular flexibility index (Phi) is 4.47. The minimum atomic E-state index is -0.460. The van der Waals surface area contributed by atoms with Crippen LogP contribution in [0.25, 0.3) is 22.4 Å². The van der Waals surface area contributed by atoms with Gasteiger partial charge >= 0.3 is 0 Å². The van der Waals surface area contributed by atoms with Crippen molar-refractivity contribution in [2.75, 3.05) is 0 Å². The molecule has 0 bridgehead atoms. The summed E-state index contributed by atoms with van der Waals surface area (Å²) in [4.78, 5) is 32.2. The molecule has 0 radical (unpaired) electrons. The number of H-pyrrole nitrogens is 1. The fourth-order valence-corrected chi connectivity index (χ4v) is 3.00. The van der Waals surface area contributed by atoms with Gasteiger partial charge < -0.3 is 9.40 Å². The summed E-state index contributed by atoms with van der Waals surface area (Å²) in [5, 5.41) is 0.669. The number of carbonyl (C=O) groups is 2. The van der Waals surface area contributed by atoms with Crippen LogP contribution in [0.5, 0.6) is 0 Å². The highest BCUT2D eigenvalue weighted by Crippen LogP contribution is 2.25. The fourth-order valence-electron chi connectivity index (χ4n) is 2.66. The van der Waals surface area contributed by atoms with Crippen LogP contribution in [0.3, 0.4) is 0 Å². The quantitative estimate of drug-likeness (QED) is 0.436. The van der Waals surface area contributed by atoms with Crippen LogP contribution >= 0.6 is 15.9 Å². The standard InChI is InChI=1S/C19H13BrN4O3/c20-11-8-16(21-10-11)19(26)24-23-18(25)13-9-15(17-6-3-7-27-17)22-14-5-2-1-4-12(13)14/h1-10,21H,(H,23,25)(H,24,26). The highest BCUT2D eigenvalue weighted by Gasteiger charge is 2.16. The van der Waals surface area contributed by atoms with Crippen molar-refractivity contribution >= 4 is 38.6 Å². The molecule has 3 aromatic heterocycles. The molecule has 0 aliphatic carbocycles. The van der Waals surface area contributed by atoms with Crippen LogP contribution in [0.1, 0.15) is 20.8 Å². The number of pyridine rings is 1. The Balaban J connectivity index is 1.63. The molecule has 0 aliphatic rings. The van der Waals surface area contributed by atoms with Gasteiger partial charge in [-0.05, 0) is 46.3 Å². The van der Waals surface area contributed by atoms with Crippen molar-refractivity contribution < 1.29 is 14.0 Å². The summed E-state index contributed by atoms with van der Waals surface area (Å²) in [6.45, 7) is 0. The lowest BCUT2D eigenvalue weighted by molar-refractivity contribution is 0.0845. The number of furan rings is 1. The van der Waals surface area contributed by atoms with Gasteiger partial charge in [0.15, 0.2) is 5.76 Å². The maximum atomic E-state index is 12.7. The Morgan fingerprint density at radius 2 is 1.85 bits per heavy atom. The largest absolute Gasteiger partial charge is 0.463 e. The first-order valence-corrected chi connectivity index (χ1v) is 8.79. The Labute approximate surface area is 161 Å². The summed E-state index contributed by atoms with van der Waals surface area (Å²) in [5.41, 5.74) is 6.71. The van der Waals surface area contributed by atoms with Crippen molar-refractivity contribution in [2.45, 2.75) is 0 Å². The lowest BCUT2D eigenvalue weighted by Gasteiger charge is -2.10. The van der Waals surface area contributed by atoms with Crippen LogP contribution in [0.2, 0.25) is 0 Å². The Bertz CT molecular complexity index is 1140. The van der Waals surface area contributed by atoms with Crippen LogP contribution in [0, 0.1) is 0 Å². The first-order valence-electron chi connectivity index (χ1n) is 8.00. The second-order valence-electron chi connectivity index (χ2n) is 5.69. The Hall–Kier alpha value is -3.39. The third-order valence-corrected chi connectivity index (χ3v) is 4.37. The van der Waals surface area contributed by atoms with Gasteiger partial charge in [-0.15, -0.1) is 0 Å². The van der Waals surface area contributed by atoms with Crippen molar-refractivity contribution in [1.82, 2.24) is 20.8 Å². The third kappa shape index (κ3) is 3.47. The number of hydrazine groups is 1. The van der Waals surface area contributed by atoms with Gasteiger partial charge in [-0.2, -0.15) is 0 Å². The number of hydrogen-bond acceptors (Lipinski definition) is 4. The zero-order valence-electron chi connectivity index (χ0n) is 13.8. The molecule has 0 saturated heterocycles. The van der Waals surface area contributed by atoms with E-state index in [2.05, 4.69) is 36.7 Å². The molecule has 3 heterocycles. The summed E-state index contributed by atoms with van der Waals surface area (Å²) < 4.78 is 6.13. The molecule has 8 heteroatoms. The number of halogens is 1. The number of benzene rings is 1. The number of nitrogens with one attached hydrogen (secondary N) is 3. The molecule has 0 unspecified atom stereocenters. The van der Waals surface area contributed by atoms with E-state index < -0.39 is 11.8 Å². The molecule has 2 amide bonds. The van der Waals surface area contributed by atoms with E-state index in [4.69, 9.17) is 4.42 Å². The van der Waals surface area contributed by atoms with Crippen molar-refractivity contribution in [3.05, 3.63) is 76.7 Å². The van der Waals surface area contributed by atoms with Crippen LogP contribution in [0.15, 0.2) is 69.9 Å². The first kappa shape index (κ1) is 17.0. The third-order valence-electron chi connectivity index (χ3n) is 3.92. The number of aromatic amines is 1. The second-order valence-corrected chi connectivity index (χ2v) is 6.61. The predicted octanol–water partition coefficient (Wildman–Crippen LogP) is 3.66. The van der Waals surface area contributed by atoms with E-state index >= 15 is 0 Å². The van der Waals surface area contributed by atoms with E-state index in [1.165, 1.54) is 0 Å². The molecule has 0 spiro atoms. The molecule has 134 valence electrons. The molecule has 0 saturated carbocycles. The smallest absolute Gasteiger partial charge is 0.286 e. The summed E-state index contributed by atoms with van der Waals surface area (Å²) in [6, 6.07) is 14.0. The number of nitrogens with zero attached hydrogens (tertiary/aromatic N) is 1. The van der Waals surface area contributed by atoms with Gasteiger partial charge in [0.1, 0.15) is 11.4 Å². The molecule has 27 heavy (non-hydrogen) atoms. The van der Waals surface area contributed by atoms with E-state index in [1.807, 2.05) is 18.2 Å². The van der Waals surface area contributed by atoms with E-state index in [0.717, 1.165) is 4.47 Å². The van der Waals surface area contributed by atoms with Gasteiger partial charge in [0.2, 0.25) is 0 Å². The SMILES string of the molecule is O=C(NNC(=O)c1cc(-c2ccco2)nc2ccccc12)c1cc(Br)c[nH]1. The van der Waals surface area contributed by atoms with Crippen LogP contribution in [-0.2, 0) is 0 Å². The minimum Gasteiger partial charge on any atom is -0.463 e. The van der Waals surface area contributed by atoms with Gasteiger partial charge in [-0.25, -0.2) is 4.98 Å². The zero-order valence-corrected chi connectivity index (χ0v) is 15.4. The molecule has 3 N–H and O–H groups in total. The molecule has 4 aromatic rings. The molecule has 1 aromatic carbocycles. The summed E-state index contributed by atoms with van der Waals surface area (Å²) in [7, 11) is 0. The van der Waals surface area contributed by atoms with Gasteiger partial charge in [0.25, 0.3) is 11.8 Å². The number of aromatic nitrogens is 2. The van der Waals surface area contributed by atoms with Crippen molar-refractivity contribution in [3.63, 3.8) is 0 Å². The van der Waals surface area contributed by atoms with Gasteiger partial charge in [-0.3, -0.25) is 20.4 Å². The number of hydrogen-bond donors (Lipinski definition) is 3. The van der Waals surface area contributed by atoms with Gasteiger partial charge in [0.05, 0.1) is 17.3 Å². The van der Waals surface area contributed by atoms with Crippen molar-refractivity contribution in [1.29, 1.82) is 0 Å². The number of rotatable bonds is 3. The monoisotopic (exact) mass is 424 g/mol. The minimum absolute atomic E-state index is 0.318. The van der Waals surface area contributed by atoms with Gasteiger partial charge in [0, 0.05) is 16.1 Å². The molecular weight excluding hydrogens is 412 g/mol. The molecule has 0 aliphatic heterocycles. The second kappa shape index (κ2) is 7.08. The van der Waals surface area contributed by atoms with Crippen molar-refractivity contribution in [2.24, 2.45) is 0 Å². The van der Waals surface area contributed by atoms with Crippen LogP contribution in [-0.4, -0.2) is 21.8 Å². The average molecular weight is 425 g/mol. The number of carbonyl (C=O) groups excluding carboxylic acids is 2. The topological polar surface area (TPSA) is 100 Å². The molecule has 4 rings (SSSR count). The van der Waals surface area contributed by atoms with E-state index in [9.17, 15) is 9.59 Å². The van der Waals surface area contributed by atoms with Gasteiger partial charge in [-0.1, -0.05) is 18.2 Å². The van der Waals surface area contributed by atoms with Crippen LogP contribution in [0.4, 0.5) is 0 Å². The van der Waals surface area contributed by atoms with E-state index in [-0.39, 0.29) is 0 Å². The predicted molar refractivity (Wildman–Crippen MR) is 103 cm³/mol. The lowest BCUT2D eigenvalue weighted by atomic mass is 10.1. The summed E-state index contributed by atoms with van der Waals surface area (Å²) in [6.07, 6.45) is 3.17.